The van der Waals surface area contributed by atoms with E-state index in [0.717, 1.165) is 0 Å². The molecule has 0 radical (unpaired) electrons. The number of amides is 1. The van der Waals surface area contributed by atoms with Gasteiger partial charge < -0.3 is 19.6 Å². The summed E-state index contributed by atoms with van der Waals surface area (Å²) in [5, 5.41) is 2.59. The lowest BCUT2D eigenvalue weighted by atomic mass is 9.75. The Morgan fingerprint density at radius 2 is 1.92 bits per heavy atom. The number of hydrogen-bond donors (Lipinski definition) is 1. The van der Waals surface area contributed by atoms with Gasteiger partial charge in [-0.3, -0.25) is 0 Å². The summed E-state index contributed by atoms with van der Waals surface area (Å²) in [6.07, 6.45) is -1.48. The SMILES string of the molecule is CC(C)(C)OC(=O)N[C@@]1(c2ccccc2F)CO[C@H](C(C)(C)F)[C@H]1C=O. The zero-order valence-electron chi connectivity index (χ0n) is 15.6. The number of halogens is 2. The minimum Gasteiger partial charge on any atom is -0.444 e. The normalized spacial score (nSPS) is 26.4. The predicted octanol–water partition coefficient (Wildman–Crippen LogP) is 3.51. The van der Waals surface area contributed by atoms with Crippen LogP contribution in [0.1, 0.15) is 40.2 Å². The van der Waals surface area contributed by atoms with Gasteiger partial charge >= 0.3 is 6.09 Å². The number of aldehydes is 1. The Kier molecular flexibility index (Phi) is 5.42. The first-order valence-electron chi connectivity index (χ1n) is 8.43. The fraction of sp³-hybridized carbons (Fsp3) is 0.579. The van der Waals surface area contributed by atoms with E-state index in [-0.39, 0.29) is 12.2 Å². The van der Waals surface area contributed by atoms with Crippen LogP contribution in [0.2, 0.25) is 0 Å². The molecule has 5 nitrogen and oxygen atoms in total. The highest BCUT2D eigenvalue weighted by Crippen LogP contribution is 2.44. The number of carbonyl (C=O) groups excluding carboxylic acids is 2. The molecule has 144 valence electrons. The van der Waals surface area contributed by atoms with E-state index in [1.54, 1.807) is 26.8 Å². The van der Waals surface area contributed by atoms with Crippen molar-refractivity contribution >= 4 is 12.4 Å². The van der Waals surface area contributed by atoms with E-state index in [1.807, 2.05) is 0 Å². The van der Waals surface area contributed by atoms with Crippen molar-refractivity contribution in [3.8, 4) is 0 Å². The highest BCUT2D eigenvalue weighted by atomic mass is 19.1. The molecule has 7 heteroatoms. The van der Waals surface area contributed by atoms with Crippen LogP contribution in [0.3, 0.4) is 0 Å². The van der Waals surface area contributed by atoms with E-state index in [0.29, 0.717) is 6.29 Å². The van der Waals surface area contributed by atoms with Gasteiger partial charge in [-0.2, -0.15) is 0 Å². The molecule has 1 aromatic rings. The quantitative estimate of drug-likeness (QED) is 0.825. The molecule has 1 saturated heterocycles. The van der Waals surface area contributed by atoms with Crippen molar-refractivity contribution in [2.24, 2.45) is 5.92 Å². The van der Waals surface area contributed by atoms with Gasteiger partial charge in [-0.1, -0.05) is 18.2 Å². The zero-order valence-corrected chi connectivity index (χ0v) is 15.6. The summed E-state index contributed by atoms with van der Waals surface area (Å²) in [5.74, 6) is -1.76. The predicted molar refractivity (Wildman–Crippen MR) is 91.9 cm³/mol. The van der Waals surface area contributed by atoms with Crippen LogP contribution in [0.15, 0.2) is 24.3 Å². The molecule has 26 heavy (non-hydrogen) atoms. The van der Waals surface area contributed by atoms with Gasteiger partial charge in [-0.15, -0.1) is 0 Å². The molecule has 0 aromatic heterocycles. The Morgan fingerprint density at radius 1 is 1.31 bits per heavy atom. The number of alkyl carbamates (subject to hydrolysis) is 1. The van der Waals surface area contributed by atoms with Crippen LogP contribution in [0.5, 0.6) is 0 Å². The largest absolute Gasteiger partial charge is 0.444 e. The van der Waals surface area contributed by atoms with E-state index in [2.05, 4.69) is 5.32 Å². The monoisotopic (exact) mass is 369 g/mol. The second-order valence-corrected chi connectivity index (χ2v) is 8.04. The summed E-state index contributed by atoms with van der Waals surface area (Å²) in [4.78, 5) is 24.3. The standard InChI is InChI=1S/C19H25F2NO4/c1-17(2,3)26-16(24)22-19(12-8-6-7-9-14(12)20)11-25-15(13(19)10-23)18(4,5)21/h6-10,13,15H,11H2,1-5H3,(H,22,24)/t13-,15+,19-/m1/s1. The number of alkyl halides is 1. The van der Waals surface area contributed by atoms with Crippen molar-refractivity contribution in [3.05, 3.63) is 35.6 Å². The van der Waals surface area contributed by atoms with Crippen molar-refractivity contribution in [3.63, 3.8) is 0 Å². The molecular weight excluding hydrogens is 344 g/mol. The van der Waals surface area contributed by atoms with Crippen molar-refractivity contribution in [1.29, 1.82) is 0 Å². The molecule has 3 atom stereocenters. The molecule has 0 unspecified atom stereocenters. The zero-order chi connectivity index (χ0) is 19.8. The van der Waals surface area contributed by atoms with Crippen molar-refractivity contribution in [2.45, 2.75) is 57.5 Å². The second kappa shape index (κ2) is 6.95. The molecule has 1 amide bonds. The maximum absolute atomic E-state index is 14.6. The fourth-order valence-corrected chi connectivity index (χ4v) is 3.24. The first-order chi connectivity index (χ1) is 11.9. The number of ether oxygens (including phenoxy) is 2. The van der Waals surface area contributed by atoms with Crippen LogP contribution in [-0.4, -0.2) is 36.4 Å². The molecule has 0 bridgehead atoms. The summed E-state index contributed by atoms with van der Waals surface area (Å²) in [6.45, 7) is 7.33. The van der Waals surface area contributed by atoms with Gasteiger partial charge in [0.05, 0.1) is 12.5 Å². The third-order valence-electron chi connectivity index (χ3n) is 4.29. The maximum atomic E-state index is 14.6. The molecule has 1 N–H and O–H groups in total. The van der Waals surface area contributed by atoms with Crippen molar-refractivity contribution in [2.75, 3.05) is 6.61 Å². The van der Waals surface area contributed by atoms with E-state index < -0.39 is 40.7 Å². The third-order valence-corrected chi connectivity index (χ3v) is 4.29. The van der Waals surface area contributed by atoms with Crippen LogP contribution in [-0.2, 0) is 19.8 Å². The van der Waals surface area contributed by atoms with Gasteiger partial charge in [0, 0.05) is 5.56 Å². The van der Waals surface area contributed by atoms with Gasteiger partial charge in [0.15, 0.2) is 0 Å². The van der Waals surface area contributed by atoms with Gasteiger partial charge in [0.2, 0.25) is 0 Å². The Balaban J connectivity index is 2.52. The second-order valence-electron chi connectivity index (χ2n) is 8.04. The Morgan fingerprint density at radius 3 is 2.42 bits per heavy atom. The molecule has 1 aromatic carbocycles. The van der Waals surface area contributed by atoms with Crippen LogP contribution in [0.25, 0.3) is 0 Å². The van der Waals surface area contributed by atoms with Crippen LogP contribution in [0, 0.1) is 11.7 Å². The summed E-state index contributed by atoms with van der Waals surface area (Å²) < 4.78 is 39.9. The van der Waals surface area contributed by atoms with Crippen LogP contribution < -0.4 is 5.32 Å². The van der Waals surface area contributed by atoms with Crippen LogP contribution >= 0.6 is 0 Å². The average Bonchev–Trinajstić information content (AvgIpc) is 2.84. The van der Waals surface area contributed by atoms with Gasteiger partial charge in [0.1, 0.15) is 35.0 Å². The van der Waals surface area contributed by atoms with Crippen molar-refractivity contribution < 1.29 is 27.8 Å². The van der Waals surface area contributed by atoms with Gasteiger partial charge in [0.25, 0.3) is 0 Å². The molecule has 0 spiro atoms. The highest BCUT2D eigenvalue weighted by molar-refractivity contribution is 5.72. The minimum absolute atomic E-state index is 0.0507. The summed E-state index contributed by atoms with van der Waals surface area (Å²) in [5.41, 5.74) is -4.18. The van der Waals surface area contributed by atoms with Gasteiger partial charge in [-0.05, 0) is 40.7 Å². The maximum Gasteiger partial charge on any atom is 0.408 e. The molecule has 0 saturated carbocycles. The molecule has 1 fully saturated rings. The van der Waals surface area contributed by atoms with Gasteiger partial charge in [-0.25, -0.2) is 13.6 Å². The molecule has 1 aliphatic heterocycles. The number of benzene rings is 1. The molecular formula is C19H25F2NO4. The average molecular weight is 369 g/mol. The Bertz CT molecular complexity index is 681. The lowest BCUT2D eigenvalue weighted by Crippen LogP contribution is -2.55. The molecule has 2 rings (SSSR count). The van der Waals surface area contributed by atoms with E-state index in [1.165, 1.54) is 32.0 Å². The summed E-state index contributed by atoms with van der Waals surface area (Å²) in [7, 11) is 0. The Labute approximate surface area is 152 Å². The minimum atomic E-state index is -1.87. The van der Waals surface area contributed by atoms with E-state index >= 15 is 0 Å². The fourth-order valence-electron chi connectivity index (χ4n) is 3.24. The number of carbonyl (C=O) groups is 2. The number of hydrogen-bond acceptors (Lipinski definition) is 4. The number of rotatable bonds is 4. The summed E-state index contributed by atoms with van der Waals surface area (Å²) >= 11 is 0. The lowest BCUT2D eigenvalue weighted by Gasteiger charge is -2.36. The Hall–Kier alpha value is -2.02. The summed E-state index contributed by atoms with van der Waals surface area (Å²) in [6, 6.07) is 5.72. The highest BCUT2D eigenvalue weighted by Gasteiger charge is 2.57. The van der Waals surface area contributed by atoms with Crippen LogP contribution in [0.4, 0.5) is 13.6 Å². The molecule has 1 heterocycles. The van der Waals surface area contributed by atoms with E-state index in [4.69, 9.17) is 9.47 Å². The molecule has 0 aliphatic carbocycles. The number of nitrogens with one attached hydrogen (secondary N) is 1. The lowest BCUT2D eigenvalue weighted by molar-refractivity contribution is -0.117. The first kappa shape index (κ1) is 20.3. The third kappa shape index (κ3) is 4.03. The first-order valence-corrected chi connectivity index (χ1v) is 8.43. The van der Waals surface area contributed by atoms with E-state index in [9.17, 15) is 18.4 Å². The topological polar surface area (TPSA) is 64.6 Å². The van der Waals surface area contributed by atoms with Crippen molar-refractivity contribution in [1.82, 2.24) is 5.32 Å². The smallest absolute Gasteiger partial charge is 0.408 e. The molecule has 1 aliphatic rings.